The van der Waals surface area contributed by atoms with Gasteiger partial charge in [-0.3, -0.25) is 4.79 Å². The van der Waals surface area contributed by atoms with Crippen molar-refractivity contribution in [1.82, 2.24) is 9.97 Å². The number of nitrogens with zero attached hydrogens (tertiary/aromatic N) is 2. The fraction of sp³-hybridized carbons (Fsp3) is 0. The number of benzene rings is 3. The lowest BCUT2D eigenvalue weighted by molar-refractivity contribution is 0.103. The van der Waals surface area contributed by atoms with Crippen molar-refractivity contribution in [3.8, 4) is 0 Å². The summed E-state index contributed by atoms with van der Waals surface area (Å²) in [5, 5.41) is 21.1. The summed E-state index contributed by atoms with van der Waals surface area (Å²) < 4.78 is 0. The van der Waals surface area contributed by atoms with Gasteiger partial charge in [-0.15, -0.1) is 5.11 Å². The molecule has 31 heavy (non-hydrogen) atoms. The topological polar surface area (TPSA) is 93.6 Å². The second kappa shape index (κ2) is 7.76. The van der Waals surface area contributed by atoms with Crippen molar-refractivity contribution < 1.29 is 9.90 Å². The van der Waals surface area contributed by atoms with E-state index in [4.69, 9.17) is 0 Å². The molecule has 0 unspecified atom stereocenters. The number of carbonyl (C=O) groups is 1. The van der Waals surface area contributed by atoms with Gasteiger partial charge in [-0.2, -0.15) is 5.11 Å². The minimum absolute atomic E-state index is 0.127. The first-order chi connectivity index (χ1) is 15.2. The Morgan fingerprint density at radius 3 is 1.94 bits per heavy atom. The molecule has 0 radical (unpaired) electrons. The first-order valence-corrected chi connectivity index (χ1v) is 9.80. The molecule has 5 rings (SSSR count). The quantitative estimate of drug-likeness (QED) is 0.134. The van der Waals surface area contributed by atoms with Crippen LogP contribution in [-0.4, -0.2) is 20.9 Å². The molecular formula is C25H18N4O2. The summed E-state index contributed by atoms with van der Waals surface area (Å²) in [6.07, 6.45) is 3.30. The number of carbonyl (C=O) groups excluding carboxylic acids is 1. The normalized spacial score (nSPS) is 12.5. The van der Waals surface area contributed by atoms with Gasteiger partial charge in [-0.25, -0.2) is 0 Å². The zero-order chi connectivity index (χ0) is 21.2. The number of rotatable bonds is 5. The van der Waals surface area contributed by atoms with Crippen LogP contribution in [0.5, 0.6) is 0 Å². The first-order valence-electron chi connectivity index (χ1n) is 9.80. The largest absolute Gasteiger partial charge is 0.505 e. The number of nitrogens with one attached hydrogen (secondary N) is 2. The van der Waals surface area contributed by atoms with Gasteiger partial charge in [-0.1, -0.05) is 54.6 Å². The Labute approximate surface area is 177 Å². The maximum Gasteiger partial charge on any atom is 0.219 e. The SMILES string of the molecule is O=C(/C(N=Nc1ccccc1)=C(/O)c1c[nH]c2ccccc12)c1c[nH]c2ccccc12. The van der Waals surface area contributed by atoms with Crippen LogP contribution in [0.15, 0.2) is 107 Å². The lowest BCUT2D eigenvalue weighted by atomic mass is 10.0. The van der Waals surface area contributed by atoms with Crippen LogP contribution in [0, 0.1) is 0 Å². The van der Waals surface area contributed by atoms with E-state index in [-0.39, 0.29) is 11.5 Å². The van der Waals surface area contributed by atoms with Crippen LogP contribution in [0.25, 0.3) is 27.6 Å². The predicted molar refractivity (Wildman–Crippen MR) is 121 cm³/mol. The van der Waals surface area contributed by atoms with E-state index < -0.39 is 5.78 Å². The van der Waals surface area contributed by atoms with Gasteiger partial charge >= 0.3 is 0 Å². The van der Waals surface area contributed by atoms with E-state index in [0.717, 1.165) is 21.8 Å². The number of H-pyrrole nitrogens is 2. The molecule has 150 valence electrons. The third kappa shape index (κ3) is 3.40. The third-order valence-electron chi connectivity index (χ3n) is 5.14. The molecule has 0 aliphatic rings. The standard InChI is InChI=1S/C25H18N4O2/c30-24(19-14-26-21-12-6-4-10-17(19)21)23(29-28-16-8-2-1-3-9-16)25(31)20-15-27-22-13-7-5-11-18(20)22/h1-15,26-27,30H/b24-23-,29-28?. The zero-order valence-electron chi connectivity index (χ0n) is 16.4. The van der Waals surface area contributed by atoms with E-state index in [1.54, 1.807) is 24.5 Å². The van der Waals surface area contributed by atoms with E-state index in [2.05, 4.69) is 20.2 Å². The summed E-state index contributed by atoms with van der Waals surface area (Å²) in [6, 6.07) is 24.1. The van der Waals surface area contributed by atoms with Gasteiger partial charge in [0, 0.05) is 45.3 Å². The number of para-hydroxylation sites is 2. The molecular weight excluding hydrogens is 388 g/mol. The van der Waals surface area contributed by atoms with Crippen LogP contribution >= 0.6 is 0 Å². The molecule has 0 bridgehead atoms. The number of aromatic amines is 2. The molecule has 6 nitrogen and oxygen atoms in total. The summed E-state index contributed by atoms with van der Waals surface area (Å²) in [5.41, 5.74) is 3.05. The Hall–Kier alpha value is -4.45. The second-order valence-electron chi connectivity index (χ2n) is 7.06. The van der Waals surface area contributed by atoms with Crippen molar-refractivity contribution >= 4 is 39.0 Å². The van der Waals surface area contributed by atoms with Crippen LogP contribution < -0.4 is 0 Å². The fourth-order valence-corrected chi connectivity index (χ4v) is 3.58. The van der Waals surface area contributed by atoms with Gasteiger partial charge in [0.1, 0.15) is 0 Å². The number of azo groups is 1. The smallest absolute Gasteiger partial charge is 0.219 e. The van der Waals surface area contributed by atoms with Crippen molar-refractivity contribution in [3.05, 3.63) is 108 Å². The second-order valence-corrected chi connectivity index (χ2v) is 7.06. The number of fused-ring (bicyclic) bond motifs is 2. The van der Waals surface area contributed by atoms with Gasteiger partial charge < -0.3 is 15.1 Å². The van der Waals surface area contributed by atoms with Crippen LogP contribution in [0.1, 0.15) is 15.9 Å². The molecule has 0 saturated carbocycles. The Balaban J connectivity index is 1.68. The Kier molecular flexibility index (Phi) is 4.65. The highest BCUT2D eigenvalue weighted by Crippen LogP contribution is 2.30. The van der Waals surface area contributed by atoms with Crippen LogP contribution in [-0.2, 0) is 0 Å². The monoisotopic (exact) mass is 406 g/mol. The van der Waals surface area contributed by atoms with Crippen molar-refractivity contribution in [2.24, 2.45) is 10.2 Å². The minimum Gasteiger partial charge on any atom is -0.505 e. The highest BCUT2D eigenvalue weighted by atomic mass is 16.3. The first kappa shape index (κ1) is 18.6. The Morgan fingerprint density at radius 1 is 0.710 bits per heavy atom. The lowest BCUT2D eigenvalue weighted by Gasteiger charge is -2.05. The van der Waals surface area contributed by atoms with Crippen LogP contribution in [0.3, 0.4) is 0 Å². The van der Waals surface area contributed by atoms with E-state index in [0.29, 0.717) is 16.8 Å². The van der Waals surface area contributed by atoms with Crippen molar-refractivity contribution in [2.75, 3.05) is 0 Å². The number of allylic oxidation sites excluding steroid dienone is 1. The van der Waals surface area contributed by atoms with Crippen LogP contribution in [0.4, 0.5) is 5.69 Å². The number of aliphatic hydroxyl groups is 1. The zero-order valence-corrected chi connectivity index (χ0v) is 16.4. The summed E-state index contributed by atoms with van der Waals surface area (Å²) in [7, 11) is 0. The van der Waals surface area contributed by atoms with Crippen molar-refractivity contribution in [1.29, 1.82) is 0 Å². The number of hydrogen-bond donors (Lipinski definition) is 3. The summed E-state index contributed by atoms with van der Waals surface area (Å²) >= 11 is 0. The molecule has 3 N–H and O–H groups in total. The van der Waals surface area contributed by atoms with Gasteiger partial charge in [0.05, 0.1) is 5.69 Å². The molecule has 0 atom stereocenters. The minimum atomic E-state index is -0.417. The molecule has 6 heteroatoms. The molecule has 0 amide bonds. The van der Waals surface area contributed by atoms with Gasteiger partial charge in [0.15, 0.2) is 11.5 Å². The third-order valence-corrected chi connectivity index (χ3v) is 5.14. The molecule has 0 aliphatic carbocycles. The highest BCUT2D eigenvalue weighted by molar-refractivity contribution is 6.19. The van der Waals surface area contributed by atoms with Crippen molar-refractivity contribution in [2.45, 2.75) is 0 Å². The maximum atomic E-state index is 13.5. The fourth-order valence-electron chi connectivity index (χ4n) is 3.58. The maximum absolute atomic E-state index is 13.5. The van der Waals surface area contributed by atoms with E-state index in [1.165, 1.54) is 0 Å². The van der Waals surface area contributed by atoms with Gasteiger partial charge in [0.25, 0.3) is 0 Å². The molecule has 5 aromatic rings. The van der Waals surface area contributed by atoms with E-state index >= 15 is 0 Å². The average Bonchev–Trinajstić information content (AvgIpc) is 3.44. The average molecular weight is 406 g/mol. The molecule has 0 fully saturated rings. The molecule has 0 aliphatic heterocycles. The van der Waals surface area contributed by atoms with Crippen LogP contribution in [0.2, 0.25) is 0 Å². The number of Topliss-reactive ketones (excluding diaryl/α,β-unsaturated/α-hetero) is 1. The number of aliphatic hydroxyl groups excluding tert-OH is 1. The lowest BCUT2D eigenvalue weighted by Crippen LogP contribution is -2.04. The predicted octanol–water partition coefficient (Wildman–Crippen LogP) is 6.54. The number of hydrogen-bond acceptors (Lipinski definition) is 4. The highest BCUT2D eigenvalue weighted by Gasteiger charge is 2.23. The molecule has 2 heterocycles. The molecule has 3 aromatic carbocycles. The summed E-state index contributed by atoms with van der Waals surface area (Å²) in [4.78, 5) is 19.7. The Morgan fingerprint density at radius 2 is 1.26 bits per heavy atom. The van der Waals surface area contributed by atoms with E-state index in [1.807, 2.05) is 66.7 Å². The molecule has 0 spiro atoms. The summed E-state index contributed by atoms with van der Waals surface area (Å²) in [6.45, 7) is 0. The van der Waals surface area contributed by atoms with Crippen molar-refractivity contribution in [3.63, 3.8) is 0 Å². The number of aromatic nitrogens is 2. The Bertz CT molecular complexity index is 1460. The van der Waals surface area contributed by atoms with Gasteiger partial charge in [0.2, 0.25) is 5.78 Å². The molecule has 2 aromatic heterocycles. The molecule has 0 saturated heterocycles. The van der Waals surface area contributed by atoms with Gasteiger partial charge in [-0.05, 0) is 24.3 Å². The number of ketones is 1. The summed E-state index contributed by atoms with van der Waals surface area (Å²) in [5.74, 6) is -0.646. The van der Waals surface area contributed by atoms with E-state index in [9.17, 15) is 9.90 Å².